The number of carbonyl (C=O) groups is 1. The highest BCUT2D eigenvalue weighted by molar-refractivity contribution is 5.74. The molecule has 0 radical (unpaired) electrons. The largest absolute Gasteiger partial charge is 0.376 e. The smallest absolute Gasteiger partial charge is 0.315 e. The minimum absolute atomic E-state index is 0.0657. The molecule has 2 atom stereocenters. The molecule has 0 saturated carbocycles. The van der Waals surface area contributed by atoms with Crippen molar-refractivity contribution >= 4 is 6.03 Å². The van der Waals surface area contributed by atoms with Crippen molar-refractivity contribution in [1.82, 2.24) is 10.6 Å². The van der Waals surface area contributed by atoms with Crippen LogP contribution in [-0.2, 0) is 11.2 Å². The van der Waals surface area contributed by atoms with Crippen molar-refractivity contribution < 1.29 is 9.53 Å². The Morgan fingerprint density at radius 2 is 2.25 bits per heavy atom. The molecule has 4 nitrogen and oxygen atoms in total. The third-order valence-corrected chi connectivity index (χ3v) is 3.82. The van der Waals surface area contributed by atoms with Crippen LogP contribution in [0.4, 0.5) is 4.79 Å². The number of rotatable bonds is 5. The maximum atomic E-state index is 11.8. The van der Waals surface area contributed by atoms with Crippen LogP contribution in [0, 0.1) is 6.92 Å². The van der Waals surface area contributed by atoms with Crippen molar-refractivity contribution in [3.8, 4) is 0 Å². The topological polar surface area (TPSA) is 50.4 Å². The van der Waals surface area contributed by atoms with E-state index in [0.717, 1.165) is 25.9 Å². The van der Waals surface area contributed by atoms with Crippen LogP contribution in [0.5, 0.6) is 0 Å². The van der Waals surface area contributed by atoms with E-state index in [2.05, 4.69) is 29.7 Å². The van der Waals surface area contributed by atoms with E-state index in [4.69, 9.17) is 4.74 Å². The van der Waals surface area contributed by atoms with Gasteiger partial charge in [0.25, 0.3) is 0 Å². The molecule has 20 heavy (non-hydrogen) atoms. The van der Waals surface area contributed by atoms with Gasteiger partial charge in [-0.15, -0.1) is 0 Å². The molecule has 4 heteroatoms. The van der Waals surface area contributed by atoms with Crippen molar-refractivity contribution in [3.05, 3.63) is 35.4 Å². The quantitative estimate of drug-likeness (QED) is 0.867. The molecule has 1 heterocycles. The molecule has 2 N–H and O–H groups in total. The first-order valence-corrected chi connectivity index (χ1v) is 7.37. The Labute approximate surface area is 120 Å². The van der Waals surface area contributed by atoms with E-state index in [1.807, 2.05) is 19.1 Å². The van der Waals surface area contributed by atoms with E-state index in [1.54, 1.807) is 0 Å². The second-order valence-electron chi connectivity index (χ2n) is 5.42. The summed E-state index contributed by atoms with van der Waals surface area (Å²) < 4.78 is 5.56. The minimum atomic E-state index is -0.110. The molecule has 1 aliphatic rings. The van der Waals surface area contributed by atoms with Crippen LogP contribution in [0.1, 0.15) is 30.9 Å². The zero-order chi connectivity index (χ0) is 14.4. The molecule has 110 valence electrons. The van der Waals surface area contributed by atoms with E-state index < -0.39 is 0 Å². The summed E-state index contributed by atoms with van der Waals surface area (Å²) in [7, 11) is 0. The van der Waals surface area contributed by atoms with Gasteiger partial charge in [-0.3, -0.25) is 0 Å². The second-order valence-corrected chi connectivity index (χ2v) is 5.42. The lowest BCUT2D eigenvalue weighted by molar-refractivity contribution is 0.0860. The van der Waals surface area contributed by atoms with Gasteiger partial charge in [-0.2, -0.15) is 0 Å². The van der Waals surface area contributed by atoms with Crippen LogP contribution in [0.25, 0.3) is 0 Å². The number of benzene rings is 1. The molecule has 2 rings (SSSR count). The number of nitrogens with one attached hydrogen (secondary N) is 2. The minimum Gasteiger partial charge on any atom is -0.376 e. The molecule has 2 unspecified atom stereocenters. The van der Waals surface area contributed by atoms with Crippen LogP contribution in [0.2, 0.25) is 0 Å². The fourth-order valence-corrected chi connectivity index (χ4v) is 2.55. The van der Waals surface area contributed by atoms with Crippen LogP contribution >= 0.6 is 0 Å². The number of ether oxygens (including phenoxy) is 1. The van der Waals surface area contributed by atoms with Crippen molar-refractivity contribution in [1.29, 1.82) is 0 Å². The van der Waals surface area contributed by atoms with E-state index >= 15 is 0 Å². The van der Waals surface area contributed by atoms with Crippen molar-refractivity contribution in [2.45, 2.75) is 45.3 Å². The molecule has 0 spiro atoms. The Morgan fingerprint density at radius 3 is 2.95 bits per heavy atom. The standard InChI is InChI=1S/C16H24N2O2/c1-12-6-3-4-7-14(12)9-10-17-16(19)18-13(2)15-8-5-11-20-15/h3-4,6-7,13,15H,5,8-11H2,1-2H3,(H2,17,18,19). The first-order chi connectivity index (χ1) is 9.66. The van der Waals surface area contributed by atoms with Gasteiger partial charge in [0.2, 0.25) is 0 Å². The summed E-state index contributed by atoms with van der Waals surface area (Å²) in [6.07, 6.45) is 3.14. The maximum absolute atomic E-state index is 11.8. The monoisotopic (exact) mass is 276 g/mol. The van der Waals surface area contributed by atoms with Crippen molar-refractivity contribution in [3.63, 3.8) is 0 Å². The molecule has 2 amide bonds. The SMILES string of the molecule is Cc1ccccc1CCNC(=O)NC(C)C1CCCO1. The van der Waals surface area contributed by atoms with Crippen molar-refractivity contribution in [2.24, 2.45) is 0 Å². The number of hydrogen-bond acceptors (Lipinski definition) is 2. The number of urea groups is 1. The molecule has 1 saturated heterocycles. The summed E-state index contributed by atoms with van der Waals surface area (Å²) in [5.41, 5.74) is 2.54. The van der Waals surface area contributed by atoms with Gasteiger partial charge in [0.05, 0.1) is 12.1 Å². The average molecular weight is 276 g/mol. The molecule has 1 aromatic rings. The van der Waals surface area contributed by atoms with Gasteiger partial charge in [0.1, 0.15) is 0 Å². The fourth-order valence-electron chi connectivity index (χ4n) is 2.55. The van der Waals surface area contributed by atoms with Gasteiger partial charge in [-0.25, -0.2) is 4.79 Å². The highest BCUT2D eigenvalue weighted by atomic mass is 16.5. The highest BCUT2D eigenvalue weighted by Crippen LogP contribution is 2.15. The summed E-state index contributed by atoms with van der Waals surface area (Å²) in [6.45, 7) is 5.55. The Kier molecular flexibility index (Phi) is 5.41. The van der Waals surface area contributed by atoms with Crippen LogP contribution in [0.15, 0.2) is 24.3 Å². The van der Waals surface area contributed by atoms with Gasteiger partial charge in [-0.1, -0.05) is 24.3 Å². The van der Waals surface area contributed by atoms with E-state index in [-0.39, 0.29) is 18.2 Å². The van der Waals surface area contributed by atoms with Crippen molar-refractivity contribution in [2.75, 3.05) is 13.2 Å². The lowest BCUT2D eigenvalue weighted by Crippen LogP contribution is -2.46. The van der Waals surface area contributed by atoms with Gasteiger partial charge in [0.15, 0.2) is 0 Å². The molecule has 0 bridgehead atoms. The second kappa shape index (κ2) is 7.29. The number of aryl methyl sites for hydroxylation is 1. The van der Waals surface area contributed by atoms with Gasteiger partial charge in [0, 0.05) is 13.2 Å². The molecule has 1 aliphatic heterocycles. The predicted molar refractivity (Wildman–Crippen MR) is 79.9 cm³/mol. The fraction of sp³-hybridized carbons (Fsp3) is 0.562. The van der Waals surface area contributed by atoms with Crippen LogP contribution < -0.4 is 10.6 Å². The van der Waals surface area contributed by atoms with Gasteiger partial charge in [-0.05, 0) is 44.2 Å². The zero-order valence-electron chi connectivity index (χ0n) is 12.3. The number of hydrogen-bond donors (Lipinski definition) is 2. The number of carbonyl (C=O) groups excluding carboxylic acids is 1. The maximum Gasteiger partial charge on any atom is 0.315 e. The third-order valence-electron chi connectivity index (χ3n) is 3.82. The average Bonchev–Trinajstić information content (AvgIpc) is 2.95. The van der Waals surface area contributed by atoms with Crippen LogP contribution in [-0.4, -0.2) is 31.3 Å². The summed E-state index contributed by atoms with van der Waals surface area (Å²) in [6, 6.07) is 8.21. The first kappa shape index (κ1) is 14.9. The van der Waals surface area contributed by atoms with E-state index in [9.17, 15) is 4.79 Å². The number of amides is 2. The Hall–Kier alpha value is -1.55. The summed E-state index contributed by atoms with van der Waals surface area (Å²) in [5.74, 6) is 0. The molecular formula is C16H24N2O2. The zero-order valence-corrected chi connectivity index (χ0v) is 12.3. The first-order valence-electron chi connectivity index (χ1n) is 7.37. The molecule has 1 fully saturated rings. The van der Waals surface area contributed by atoms with E-state index in [0.29, 0.717) is 6.54 Å². The van der Waals surface area contributed by atoms with E-state index in [1.165, 1.54) is 11.1 Å². The lowest BCUT2D eigenvalue weighted by Gasteiger charge is -2.20. The Bertz CT molecular complexity index is 442. The van der Waals surface area contributed by atoms with Crippen LogP contribution in [0.3, 0.4) is 0 Å². The molecule has 0 aromatic heterocycles. The summed E-state index contributed by atoms with van der Waals surface area (Å²) in [5, 5.41) is 5.85. The van der Waals surface area contributed by atoms with Gasteiger partial charge >= 0.3 is 6.03 Å². The third kappa shape index (κ3) is 4.23. The van der Waals surface area contributed by atoms with Gasteiger partial charge < -0.3 is 15.4 Å². The summed E-state index contributed by atoms with van der Waals surface area (Å²) in [4.78, 5) is 11.8. The summed E-state index contributed by atoms with van der Waals surface area (Å²) >= 11 is 0. The Balaban J connectivity index is 1.68. The Morgan fingerprint density at radius 1 is 1.45 bits per heavy atom. The molecule has 0 aliphatic carbocycles. The molecule has 1 aromatic carbocycles. The highest BCUT2D eigenvalue weighted by Gasteiger charge is 2.23. The molecular weight excluding hydrogens is 252 g/mol. The normalized spacial score (nSPS) is 19.6. The predicted octanol–water partition coefficient (Wildman–Crippen LogP) is 2.40. The lowest BCUT2D eigenvalue weighted by atomic mass is 10.1.